The van der Waals surface area contributed by atoms with E-state index in [1.165, 1.54) is 0 Å². The van der Waals surface area contributed by atoms with Crippen LogP contribution in [0.4, 0.5) is 4.39 Å². The van der Waals surface area contributed by atoms with Crippen LogP contribution < -0.4 is 5.73 Å². The number of nitrogens with two attached hydrogens (primary N) is 1. The highest BCUT2D eigenvalue weighted by Crippen LogP contribution is 2.35. The lowest BCUT2D eigenvalue weighted by atomic mass is 9.78. The van der Waals surface area contributed by atoms with Gasteiger partial charge in [0.05, 0.1) is 5.54 Å². The van der Waals surface area contributed by atoms with Crippen molar-refractivity contribution in [1.29, 1.82) is 0 Å². The van der Waals surface area contributed by atoms with Gasteiger partial charge in [-0.2, -0.15) is 0 Å². The Labute approximate surface area is 120 Å². The Morgan fingerprint density at radius 2 is 1.75 bits per heavy atom. The fraction of sp³-hybridized carbons (Fsp3) is 0.333. The van der Waals surface area contributed by atoms with Gasteiger partial charge in [-0.15, -0.1) is 0 Å². The molecule has 0 aromatic heterocycles. The maximum atomic E-state index is 14.5. The number of benzene rings is 2. The first-order chi connectivity index (χ1) is 9.49. The molecule has 20 heavy (non-hydrogen) atoms. The summed E-state index contributed by atoms with van der Waals surface area (Å²) < 4.78 is 14.5. The van der Waals surface area contributed by atoms with E-state index in [1.54, 1.807) is 6.07 Å². The summed E-state index contributed by atoms with van der Waals surface area (Å²) >= 11 is 0. The molecule has 0 spiro atoms. The summed E-state index contributed by atoms with van der Waals surface area (Å²) in [4.78, 5) is 0. The average Bonchev–Trinajstić information content (AvgIpc) is 2.38. The van der Waals surface area contributed by atoms with Crippen LogP contribution in [0.2, 0.25) is 0 Å². The maximum absolute atomic E-state index is 14.5. The van der Waals surface area contributed by atoms with Gasteiger partial charge >= 0.3 is 0 Å². The van der Waals surface area contributed by atoms with Gasteiger partial charge < -0.3 is 5.73 Å². The lowest BCUT2D eigenvalue weighted by molar-refractivity contribution is 0.452. The van der Waals surface area contributed by atoms with E-state index in [4.69, 9.17) is 5.73 Å². The zero-order valence-corrected chi connectivity index (χ0v) is 12.4. The second-order valence-corrected chi connectivity index (χ2v) is 5.53. The lowest BCUT2D eigenvalue weighted by Crippen LogP contribution is -2.39. The van der Waals surface area contributed by atoms with Gasteiger partial charge in [0, 0.05) is 5.56 Å². The minimum atomic E-state index is -0.766. The topological polar surface area (TPSA) is 26.0 Å². The summed E-state index contributed by atoms with van der Waals surface area (Å²) in [5.41, 5.74) is 9.33. The van der Waals surface area contributed by atoms with Crippen LogP contribution in [0.25, 0.3) is 0 Å². The zero-order valence-electron chi connectivity index (χ0n) is 12.4. The minimum Gasteiger partial charge on any atom is -0.318 e. The number of rotatable bonds is 4. The Morgan fingerprint density at radius 1 is 1.10 bits per heavy atom. The van der Waals surface area contributed by atoms with Gasteiger partial charge in [0.1, 0.15) is 5.82 Å². The van der Waals surface area contributed by atoms with E-state index < -0.39 is 5.54 Å². The normalized spacial score (nSPS) is 14.1. The highest BCUT2D eigenvalue weighted by atomic mass is 19.1. The molecule has 2 rings (SSSR count). The number of hydrogen-bond acceptors (Lipinski definition) is 1. The first-order valence-corrected chi connectivity index (χ1v) is 7.10. The fourth-order valence-corrected chi connectivity index (χ4v) is 3.02. The minimum absolute atomic E-state index is 0.206. The van der Waals surface area contributed by atoms with Crippen molar-refractivity contribution in [2.45, 2.75) is 39.2 Å². The third-order valence-corrected chi connectivity index (χ3v) is 3.81. The van der Waals surface area contributed by atoms with E-state index in [0.29, 0.717) is 5.56 Å². The number of aryl methyl sites for hydroxylation is 2. The molecule has 2 N–H and O–H groups in total. The Morgan fingerprint density at radius 3 is 2.30 bits per heavy atom. The molecule has 106 valence electrons. The van der Waals surface area contributed by atoms with Crippen molar-refractivity contribution in [3.8, 4) is 0 Å². The van der Waals surface area contributed by atoms with Crippen LogP contribution in [0, 0.1) is 19.7 Å². The van der Waals surface area contributed by atoms with E-state index >= 15 is 0 Å². The molecule has 0 aliphatic heterocycles. The van der Waals surface area contributed by atoms with Gasteiger partial charge in [-0.3, -0.25) is 0 Å². The van der Waals surface area contributed by atoms with Crippen LogP contribution in [-0.2, 0) is 5.54 Å². The Balaban J connectivity index is 2.66. The van der Waals surface area contributed by atoms with Crippen molar-refractivity contribution in [2.75, 3.05) is 0 Å². The third kappa shape index (κ3) is 2.61. The summed E-state index contributed by atoms with van der Waals surface area (Å²) in [6, 6.07) is 13.4. The van der Waals surface area contributed by atoms with Crippen molar-refractivity contribution >= 4 is 0 Å². The van der Waals surface area contributed by atoms with E-state index in [0.717, 1.165) is 29.5 Å². The quantitative estimate of drug-likeness (QED) is 0.873. The molecule has 0 heterocycles. The van der Waals surface area contributed by atoms with Gasteiger partial charge in [0.2, 0.25) is 0 Å². The Bertz CT molecular complexity index is 569. The van der Waals surface area contributed by atoms with E-state index in [2.05, 4.69) is 6.92 Å². The van der Waals surface area contributed by atoms with Crippen molar-refractivity contribution < 1.29 is 4.39 Å². The third-order valence-electron chi connectivity index (χ3n) is 3.81. The Kier molecular flexibility index (Phi) is 4.24. The van der Waals surface area contributed by atoms with Crippen LogP contribution in [-0.4, -0.2) is 0 Å². The van der Waals surface area contributed by atoms with Gasteiger partial charge in [-0.05, 0) is 43.0 Å². The van der Waals surface area contributed by atoms with Crippen LogP contribution in [0.5, 0.6) is 0 Å². The molecule has 0 aliphatic rings. The summed E-state index contributed by atoms with van der Waals surface area (Å²) in [5, 5.41) is 0. The van der Waals surface area contributed by atoms with Gasteiger partial charge in [-0.25, -0.2) is 4.39 Å². The van der Waals surface area contributed by atoms with Crippen LogP contribution in [0.3, 0.4) is 0 Å². The van der Waals surface area contributed by atoms with Gasteiger partial charge in [0.15, 0.2) is 0 Å². The predicted molar refractivity (Wildman–Crippen MR) is 82.2 cm³/mol. The van der Waals surface area contributed by atoms with Gasteiger partial charge in [-0.1, -0.05) is 49.7 Å². The second-order valence-electron chi connectivity index (χ2n) is 5.53. The molecule has 0 saturated carbocycles. The van der Waals surface area contributed by atoms with E-state index in [1.807, 2.05) is 50.2 Å². The SMILES string of the molecule is CCCC(N)(c1ccccc1)c1c(C)cc(C)cc1F. The maximum Gasteiger partial charge on any atom is 0.129 e. The Hall–Kier alpha value is -1.67. The first-order valence-electron chi connectivity index (χ1n) is 7.10. The molecule has 1 nitrogen and oxygen atoms in total. The molecule has 0 saturated heterocycles. The highest BCUT2D eigenvalue weighted by Gasteiger charge is 2.32. The van der Waals surface area contributed by atoms with Gasteiger partial charge in [0.25, 0.3) is 0 Å². The van der Waals surface area contributed by atoms with E-state index in [-0.39, 0.29) is 5.82 Å². The second kappa shape index (κ2) is 5.76. The zero-order chi connectivity index (χ0) is 14.8. The molecular weight excluding hydrogens is 249 g/mol. The molecule has 2 aromatic carbocycles. The monoisotopic (exact) mass is 271 g/mol. The summed E-state index contributed by atoms with van der Waals surface area (Å²) in [7, 11) is 0. The molecule has 1 unspecified atom stereocenters. The van der Waals surface area contributed by atoms with Crippen molar-refractivity contribution in [1.82, 2.24) is 0 Å². The predicted octanol–water partition coefficient (Wildman–Crippen LogP) is 4.44. The standard InChI is InChI=1S/C18H22FN/c1-4-10-18(20,15-8-6-5-7-9-15)17-14(3)11-13(2)12-16(17)19/h5-9,11-12H,4,10,20H2,1-3H3. The molecule has 2 aromatic rings. The van der Waals surface area contributed by atoms with Crippen LogP contribution in [0.15, 0.2) is 42.5 Å². The molecule has 1 atom stereocenters. The van der Waals surface area contributed by atoms with Crippen LogP contribution in [0.1, 0.15) is 42.0 Å². The summed E-state index contributed by atoms with van der Waals surface area (Å²) in [5.74, 6) is -0.206. The lowest BCUT2D eigenvalue weighted by Gasteiger charge is -2.32. The van der Waals surface area contributed by atoms with Crippen molar-refractivity contribution in [3.63, 3.8) is 0 Å². The largest absolute Gasteiger partial charge is 0.318 e. The van der Waals surface area contributed by atoms with Crippen LogP contribution >= 0.6 is 0 Å². The smallest absolute Gasteiger partial charge is 0.129 e. The highest BCUT2D eigenvalue weighted by molar-refractivity contribution is 5.44. The first kappa shape index (κ1) is 14.7. The molecule has 0 amide bonds. The fourth-order valence-electron chi connectivity index (χ4n) is 3.02. The molecule has 0 fully saturated rings. The van der Waals surface area contributed by atoms with Crippen molar-refractivity contribution in [2.24, 2.45) is 5.73 Å². The number of hydrogen-bond donors (Lipinski definition) is 1. The molecule has 2 heteroatoms. The number of halogens is 1. The summed E-state index contributed by atoms with van der Waals surface area (Å²) in [6.07, 6.45) is 1.62. The van der Waals surface area contributed by atoms with Crippen molar-refractivity contribution in [3.05, 3.63) is 70.5 Å². The molecule has 0 radical (unpaired) electrons. The molecular formula is C18H22FN. The average molecular weight is 271 g/mol. The molecule has 0 bridgehead atoms. The molecule has 0 aliphatic carbocycles. The van der Waals surface area contributed by atoms with E-state index in [9.17, 15) is 4.39 Å². The summed E-state index contributed by atoms with van der Waals surface area (Å²) in [6.45, 7) is 5.91.